The summed E-state index contributed by atoms with van der Waals surface area (Å²) in [6.07, 6.45) is 7.78. The molecule has 15 heavy (non-hydrogen) atoms. The molecule has 0 radical (unpaired) electrons. The lowest BCUT2D eigenvalue weighted by atomic mass is 9.88. The second-order valence-electron chi connectivity index (χ2n) is 4.15. The van der Waals surface area contributed by atoms with Crippen LogP contribution in [0.15, 0.2) is 36.4 Å². The van der Waals surface area contributed by atoms with Crippen molar-refractivity contribution in [2.45, 2.75) is 31.8 Å². The summed E-state index contributed by atoms with van der Waals surface area (Å²) < 4.78 is 5.65. The zero-order chi connectivity index (χ0) is 10.6. The third kappa shape index (κ3) is 2.48. The van der Waals surface area contributed by atoms with Gasteiger partial charge < -0.3 is 4.74 Å². The third-order valence-electron chi connectivity index (χ3n) is 3.21. The maximum atomic E-state index is 5.65. The maximum absolute atomic E-state index is 5.65. The van der Waals surface area contributed by atoms with Gasteiger partial charge in [0.05, 0.1) is 12.2 Å². The standard InChI is InChI=1S/C14H18O/c1-2-14(11-12-15-14)10-6-9-13-7-4-3-5-8-13/h3-9H,2,10-12H2,1H3/b9-6+. The Morgan fingerprint density at radius 3 is 2.60 bits per heavy atom. The van der Waals surface area contributed by atoms with Crippen molar-refractivity contribution in [3.05, 3.63) is 42.0 Å². The van der Waals surface area contributed by atoms with E-state index in [-0.39, 0.29) is 5.60 Å². The monoisotopic (exact) mass is 202 g/mol. The fourth-order valence-electron chi connectivity index (χ4n) is 1.95. The Labute approximate surface area is 91.8 Å². The summed E-state index contributed by atoms with van der Waals surface area (Å²) >= 11 is 0. The third-order valence-corrected chi connectivity index (χ3v) is 3.21. The SMILES string of the molecule is CCC1(C/C=C/c2ccccc2)CCO1. The van der Waals surface area contributed by atoms with E-state index in [1.54, 1.807) is 0 Å². The molecule has 1 fully saturated rings. The van der Waals surface area contributed by atoms with E-state index in [4.69, 9.17) is 4.74 Å². The van der Waals surface area contributed by atoms with Gasteiger partial charge in [-0.25, -0.2) is 0 Å². The van der Waals surface area contributed by atoms with Crippen molar-refractivity contribution < 1.29 is 4.74 Å². The number of ether oxygens (including phenoxy) is 1. The zero-order valence-corrected chi connectivity index (χ0v) is 9.28. The summed E-state index contributed by atoms with van der Waals surface area (Å²) in [6, 6.07) is 10.4. The Morgan fingerprint density at radius 1 is 1.33 bits per heavy atom. The molecule has 0 N–H and O–H groups in total. The van der Waals surface area contributed by atoms with Crippen LogP contribution in [0.5, 0.6) is 0 Å². The number of benzene rings is 1. The molecule has 0 bridgehead atoms. The van der Waals surface area contributed by atoms with Crippen molar-refractivity contribution >= 4 is 6.08 Å². The van der Waals surface area contributed by atoms with Crippen molar-refractivity contribution in [1.29, 1.82) is 0 Å². The molecular formula is C14H18O. The summed E-state index contributed by atoms with van der Waals surface area (Å²) in [7, 11) is 0. The molecule has 1 atom stereocenters. The molecule has 1 heteroatoms. The first kappa shape index (κ1) is 10.4. The smallest absolute Gasteiger partial charge is 0.0736 e. The molecular weight excluding hydrogens is 184 g/mol. The summed E-state index contributed by atoms with van der Waals surface area (Å²) in [5.41, 5.74) is 1.42. The zero-order valence-electron chi connectivity index (χ0n) is 9.28. The first-order valence-corrected chi connectivity index (χ1v) is 5.70. The van der Waals surface area contributed by atoms with Gasteiger partial charge in [-0.1, -0.05) is 49.4 Å². The Morgan fingerprint density at radius 2 is 2.07 bits per heavy atom. The highest BCUT2D eigenvalue weighted by Crippen LogP contribution is 2.33. The lowest BCUT2D eigenvalue weighted by molar-refractivity contribution is -0.146. The normalized spacial score (nSPS) is 25.4. The molecule has 1 heterocycles. The number of hydrogen-bond donors (Lipinski definition) is 0. The lowest BCUT2D eigenvalue weighted by Gasteiger charge is -2.40. The minimum Gasteiger partial charge on any atom is -0.374 e. The molecule has 1 unspecified atom stereocenters. The van der Waals surface area contributed by atoms with Crippen molar-refractivity contribution in [3.63, 3.8) is 0 Å². The van der Waals surface area contributed by atoms with E-state index in [2.05, 4.69) is 43.3 Å². The molecule has 0 aromatic heterocycles. The van der Waals surface area contributed by atoms with Gasteiger partial charge >= 0.3 is 0 Å². The molecule has 0 saturated carbocycles. The van der Waals surface area contributed by atoms with E-state index in [1.165, 1.54) is 12.0 Å². The van der Waals surface area contributed by atoms with Gasteiger partial charge in [0.15, 0.2) is 0 Å². The fraction of sp³-hybridized carbons (Fsp3) is 0.429. The van der Waals surface area contributed by atoms with E-state index in [0.29, 0.717) is 0 Å². The van der Waals surface area contributed by atoms with Crippen LogP contribution in [0.3, 0.4) is 0 Å². The van der Waals surface area contributed by atoms with Crippen LogP contribution in [0, 0.1) is 0 Å². The van der Waals surface area contributed by atoms with Crippen LogP contribution in [-0.4, -0.2) is 12.2 Å². The molecule has 1 aromatic carbocycles. The van der Waals surface area contributed by atoms with Crippen molar-refractivity contribution in [3.8, 4) is 0 Å². The van der Waals surface area contributed by atoms with Crippen LogP contribution in [0.1, 0.15) is 31.7 Å². The Balaban J connectivity index is 1.90. The predicted molar refractivity (Wildman–Crippen MR) is 63.7 cm³/mol. The predicted octanol–water partition coefficient (Wildman–Crippen LogP) is 3.66. The van der Waals surface area contributed by atoms with Gasteiger partial charge in [0.2, 0.25) is 0 Å². The van der Waals surface area contributed by atoms with Crippen molar-refractivity contribution in [2.24, 2.45) is 0 Å². The van der Waals surface area contributed by atoms with E-state index >= 15 is 0 Å². The Kier molecular flexibility index (Phi) is 3.22. The van der Waals surface area contributed by atoms with Crippen molar-refractivity contribution in [1.82, 2.24) is 0 Å². The second kappa shape index (κ2) is 4.63. The average Bonchev–Trinajstić information content (AvgIpc) is 2.24. The largest absolute Gasteiger partial charge is 0.374 e. The molecule has 80 valence electrons. The van der Waals surface area contributed by atoms with Crippen LogP contribution >= 0.6 is 0 Å². The first-order chi connectivity index (χ1) is 7.35. The quantitative estimate of drug-likeness (QED) is 0.724. The molecule has 2 rings (SSSR count). The van der Waals surface area contributed by atoms with E-state index in [0.717, 1.165) is 19.4 Å². The first-order valence-electron chi connectivity index (χ1n) is 5.70. The molecule has 1 saturated heterocycles. The average molecular weight is 202 g/mol. The topological polar surface area (TPSA) is 9.23 Å². The van der Waals surface area contributed by atoms with Crippen LogP contribution in [0.25, 0.3) is 6.08 Å². The van der Waals surface area contributed by atoms with Gasteiger partial charge in [-0.3, -0.25) is 0 Å². The highest BCUT2D eigenvalue weighted by atomic mass is 16.5. The van der Waals surface area contributed by atoms with Gasteiger partial charge in [0, 0.05) is 6.42 Å². The summed E-state index contributed by atoms with van der Waals surface area (Å²) in [5, 5.41) is 0. The van der Waals surface area contributed by atoms with Crippen LogP contribution in [-0.2, 0) is 4.74 Å². The van der Waals surface area contributed by atoms with E-state index in [9.17, 15) is 0 Å². The van der Waals surface area contributed by atoms with Gasteiger partial charge in [-0.05, 0) is 18.4 Å². The molecule has 1 nitrogen and oxygen atoms in total. The van der Waals surface area contributed by atoms with Gasteiger partial charge in [0.25, 0.3) is 0 Å². The highest BCUT2D eigenvalue weighted by molar-refractivity contribution is 5.48. The molecule has 0 spiro atoms. The van der Waals surface area contributed by atoms with Crippen LogP contribution in [0.2, 0.25) is 0 Å². The second-order valence-corrected chi connectivity index (χ2v) is 4.15. The summed E-state index contributed by atoms with van der Waals surface area (Å²) in [6.45, 7) is 3.14. The molecule has 0 amide bonds. The molecule has 0 aliphatic carbocycles. The summed E-state index contributed by atoms with van der Waals surface area (Å²) in [4.78, 5) is 0. The van der Waals surface area contributed by atoms with E-state index in [1.807, 2.05) is 6.07 Å². The molecule has 1 aliphatic rings. The van der Waals surface area contributed by atoms with Gasteiger partial charge in [-0.2, -0.15) is 0 Å². The van der Waals surface area contributed by atoms with Gasteiger partial charge in [-0.15, -0.1) is 0 Å². The molecule has 1 aliphatic heterocycles. The maximum Gasteiger partial charge on any atom is 0.0736 e. The van der Waals surface area contributed by atoms with E-state index < -0.39 is 0 Å². The summed E-state index contributed by atoms with van der Waals surface area (Å²) in [5.74, 6) is 0. The van der Waals surface area contributed by atoms with Crippen LogP contribution < -0.4 is 0 Å². The Bertz CT molecular complexity index is 317. The van der Waals surface area contributed by atoms with Crippen molar-refractivity contribution in [2.75, 3.05) is 6.61 Å². The lowest BCUT2D eigenvalue weighted by Crippen LogP contribution is -2.42. The van der Waals surface area contributed by atoms with Crippen LogP contribution in [0.4, 0.5) is 0 Å². The highest BCUT2D eigenvalue weighted by Gasteiger charge is 2.34. The fourth-order valence-corrected chi connectivity index (χ4v) is 1.95. The number of hydrogen-bond acceptors (Lipinski definition) is 1. The number of rotatable bonds is 4. The molecule has 1 aromatic rings. The minimum atomic E-state index is 0.158. The van der Waals surface area contributed by atoms with Gasteiger partial charge in [0.1, 0.15) is 0 Å². The minimum absolute atomic E-state index is 0.158. The Hall–Kier alpha value is -1.08.